The Kier molecular flexibility index (Phi) is 5.98. The third-order valence-corrected chi connectivity index (χ3v) is 3.76. The Balaban J connectivity index is 1.87. The van der Waals surface area contributed by atoms with E-state index in [1.807, 2.05) is 38.1 Å². The summed E-state index contributed by atoms with van der Waals surface area (Å²) in [4.78, 5) is 23.7. The number of rotatable bonds is 6. The number of benzene rings is 1. The van der Waals surface area contributed by atoms with Gasteiger partial charge >= 0.3 is 5.97 Å². The molecule has 0 spiro atoms. The molecule has 0 aliphatic heterocycles. The number of ether oxygens (including phenoxy) is 1. The highest BCUT2D eigenvalue weighted by molar-refractivity contribution is 9.10. The van der Waals surface area contributed by atoms with Gasteiger partial charge in [0.05, 0.1) is 6.04 Å². The van der Waals surface area contributed by atoms with E-state index >= 15 is 0 Å². The average Bonchev–Trinajstić information content (AvgIpc) is 2.98. The molecule has 1 N–H and O–H groups in total. The van der Waals surface area contributed by atoms with Crippen molar-refractivity contribution in [3.05, 3.63) is 58.0 Å². The molecule has 1 heterocycles. The number of carbonyl (C=O) groups is 2. The minimum absolute atomic E-state index is 0.0512. The summed E-state index contributed by atoms with van der Waals surface area (Å²) in [5, 5.41) is 2.86. The first-order chi connectivity index (χ1) is 11.0. The fraction of sp³-hybridized carbons (Fsp3) is 0.294. The SMILES string of the molecule is CC[C@H](NC(=O)COC(=O)c1ccc(Br)o1)c1ccc(C)cc1. The Morgan fingerprint density at radius 3 is 2.48 bits per heavy atom. The first-order valence-corrected chi connectivity index (χ1v) is 8.07. The highest BCUT2D eigenvalue weighted by atomic mass is 79.9. The maximum atomic E-state index is 12.0. The number of hydrogen-bond acceptors (Lipinski definition) is 4. The van der Waals surface area contributed by atoms with E-state index in [0.717, 1.165) is 17.5 Å². The minimum atomic E-state index is -0.672. The van der Waals surface area contributed by atoms with Gasteiger partial charge in [-0.25, -0.2) is 4.79 Å². The van der Waals surface area contributed by atoms with Gasteiger partial charge in [0.1, 0.15) is 0 Å². The number of hydrogen-bond donors (Lipinski definition) is 1. The van der Waals surface area contributed by atoms with E-state index in [-0.39, 0.29) is 24.3 Å². The molecule has 122 valence electrons. The first-order valence-electron chi connectivity index (χ1n) is 7.28. The van der Waals surface area contributed by atoms with Gasteiger partial charge in [0, 0.05) is 0 Å². The van der Waals surface area contributed by atoms with Crippen LogP contribution in [0.4, 0.5) is 0 Å². The Bertz CT molecular complexity index is 678. The van der Waals surface area contributed by atoms with Gasteiger partial charge in [-0.1, -0.05) is 36.8 Å². The van der Waals surface area contributed by atoms with Gasteiger partial charge in [0.2, 0.25) is 5.76 Å². The van der Waals surface area contributed by atoms with Crippen molar-refractivity contribution >= 4 is 27.8 Å². The molecule has 0 saturated heterocycles. The third-order valence-electron chi connectivity index (χ3n) is 3.33. The number of halogens is 1. The predicted octanol–water partition coefficient (Wildman–Crippen LogP) is 3.77. The fourth-order valence-corrected chi connectivity index (χ4v) is 2.39. The lowest BCUT2D eigenvalue weighted by Gasteiger charge is -2.17. The van der Waals surface area contributed by atoms with Crippen molar-refractivity contribution in [3.63, 3.8) is 0 Å². The van der Waals surface area contributed by atoms with Crippen LogP contribution in [0.25, 0.3) is 0 Å². The van der Waals surface area contributed by atoms with Gasteiger partial charge in [-0.2, -0.15) is 0 Å². The largest absolute Gasteiger partial charge is 0.450 e. The van der Waals surface area contributed by atoms with Crippen molar-refractivity contribution in [1.82, 2.24) is 5.32 Å². The van der Waals surface area contributed by atoms with Gasteiger partial charge in [-0.3, -0.25) is 4.79 Å². The summed E-state index contributed by atoms with van der Waals surface area (Å²) in [7, 11) is 0. The molecule has 0 saturated carbocycles. The van der Waals surface area contributed by atoms with Crippen LogP contribution in [0.1, 0.15) is 41.1 Å². The van der Waals surface area contributed by atoms with E-state index in [4.69, 9.17) is 9.15 Å². The van der Waals surface area contributed by atoms with Crippen LogP contribution in [0.5, 0.6) is 0 Å². The summed E-state index contributed by atoms with van der Waals surface area (Å²) in [6, 6.07) is 10.9. The van der Waals surface area contributed by atoms with Crippen LogP contribution >= 0.6 is 15.9 Å². The van der Waals surface area contributed by atoms with Crippen molar-refractivity contribution in [2.24, 2.45) is 0 Å². The molecular weight excluding hydrogens is 362 g/mol. The van der Waals surface area contributed by atoms with Crippen molar-refractivity contribution in [2.75, 3.05) is 6.61 Å². The number of amides is 1. The Labute approximate surface area is 143 Å². The van der Waals surface area contributed by atoms with Gasteiger partial charge in [-0.15, -0.1) is 0 Å². The average molecular weight is 380 g/mol. The lowest BCUT2D eigenvalue weighted by Crippen LogP contribution is -2.32. The van der Waals surface area contributed by atoms with E-state index in [1.165, 1.54) is 6.07 Å². The van der Waals surface area contributed by atoms with Crippen molar-refractivity contribution in [2.45, 2.75) is 26.3 Å². The van der Waals surface area contributed by atoms with Crippen LogP contribution in [0.2, 0.25) is 0 Å². The summed E-state index contributed by atoms with van der Waals surface area (Å²) in [5.74, 6) is -0.971. The molecule has 5 nitrogen and oxygen atoms in total. The molecule has 23 heavy (non-hydrogen) atoms. The lowest BCUT2D eigenvalue weighted by atomic mass is 10.0. The maximum absolute atomic E-state index is 12.0. The summed E-state index contributed by atoms with van der Waals surface area (Å²) in [6.07, 6.45) is 0.744. The molecule has 0 fully saturated rings. The van der Waals surface area contributed by atoms with Crippen molar-refractivity contribution in [3.8, 4) is 0 Å². The van der Waals surface area contributed by atoms with Gasteiger partial charge in [-0.05, 0) is 47.0 Å². The number of esters is 1. The molecule has 6 heteroatoms. The van der Waals surface area contributed by atoms with Gasteiger partial charge in [0.15, 0.2) is 11.3 Å². The maximum Gasteiger partial charge on any atom is 0.374 e. The molecular formula is C17H18BrNO4. The molecule has 1 aromatic heterocycles. The van der Waals surface area contributed by atoms with E-state index < -0.39 is 5.97 Å². The van der Waals surface area contributed by atoms with Crippen molar-refractivity contribution < 1.29 is 18.7 Å². The topological polar surface area (TPSA) is 68.5 Å². The monoisotopic (exact) mass is 379 g/mol. The van der Waals surface area contributed by atoms with E-state index in [2.05, 4.69) is 21.2 Å². The quantitative estimate of drug-likeness (QED) is 0.775. The second-order valence-electron chi connectivity index (χ2n) is 5.12. The zero-order valence-electron chi connectivity index (χ0n) is 13.0. The summed E-state index contributed by atoms with van der Waals surface area (Å²) >= 11 is 3.10. The third kappa shape index (κ3) is 4.96. The standard InChI is InChI=1S/C17H18BrNO4/c1-3-13(12-6-4-11(2)5-7-12)19-16(20)10-22-17(21)14-8-9-15(18)23-14/h4-9,13H,3,10H2,1-2H3,(H,19,20)/t13-/m0/s1. The Hall–Kier alpha value is -2.08. The highest BCUT2D eigenvalue weighted by Gasteiger charge is 2.16. The van der Waals surface area contributed by atoms with Crippen LogP contribution in [-0.2, 0) is 9.53 Å². The second kappa shape index (κ2) is 7.97. The molecule has 0 aliphatic carbocycles. The predicted molar refractivity (Wildman–Crippen MR) is 89.0 cm³/mol. The fourth-order valence-electron chi connectivity index (χ4n) is 2.08. The summed E-state index contributed by atoms with van der Waals surface area (Å²) in [5.41, 5.74) is 2.18. The first kappa shape index (κ1) is 17.3. The Morgan fingerprint density at radius 1 is 1.22 bits per heavy atom. The normalized spacial score (nSPS) is 11.8. The lowest BCUT2D eigenvalue weighted by molar-refractivity contribution is -0.125. The molecule has 0 bridgehead atoms. The molecule has 0 unspecified atom stereocenters. The molecule has 1 amide bonds. The van der Waals surface area contributed by atoms with E-state index in [1.54, 1.807) is 6.07 Å². The molecule has 2 aromatic rings. The zero-order valence-corrected chi connectivity index (χ0v) is 14.6. The van der Waals surface area contributed by atoms with Crippen LogP contribution in [0.3, 0.4) is 0 Å². The van der Waals surface area contributed by atoms with Crippen LogP contribution in [0.15, 0.2) is 45.5 Å². The van der Waals surface area contributed by atoms with Crippen LogP contribution in [-0.4, -0.2) is 18.5 Å². The number of furan rings is 1. The molecule has 2 rings (SSSR count). The minimum Gasteiger partial charge on any atom is -0.450 e. The molecule has 1 atom stereocenters. The van der Waals surface area contributed by atoms with Crippen LogP contribution in [0, 0.1) is 6.92 Å². The zero-order chi connectivity index (χ0) is 16.8. The number of carbonyl (C=O) groups excluding carboxylic acids is 2. The van der Waals surface area contributed by atoms with E-state index in [0.29, 0.717) is 4.67 Å². The van der Waals surface area contributed by atoms with Crippen molar-refractivity contribution in [1.29, 1.82) is 0 Å². The molecule has 0 aliphatic rings. The number of aryl methyl sites for hydroxylation is 1. The van der Waals surface area contributed by atoms with Crippen LogP contribution < -0.4 is 5.32 Å². The smallest absolute Gasteiger partial charge is 0.374 e. The number of nitrogens with one attached hydrogen (secondary N) is 1. The second-order valence-corrected chi connectivity index (χ2v) is 5.90. The molecule has 0 radical (unpaired) electrons. The van der Waals surface area contributed by atoms with Gasteiger partial charge in [0.25, 0.3) is 5.91 Å². The molecule has 1 aromatic carbocycles. The van der Waals surface area contributed by atoms with Gasteiger partial charge < -0.3 is 14.5 Å². The Morgan fingerprint density at radius 2 is 1.91 bits per heavy atom. The van der Waals surface area contributed by atoms with E-state index in [9.17, 15) is 9.59 Å². The summed E-state index contributed by atoms with van der Waals surface area (Å²) < 4.78 is 10.4. The summed E-state index contributed by atoms with van der Waals surface area (Å²) in [6.45, 7) is 3.65. The highest BCUT2D eigenvalue weighted by Crippen LogP contribution is 2.17.